The molecular weight excluding hydrogens is 318 g/mol. The highest BCUT2D eigenvalue weighted by molar-refractivity contribution is 5.92. The van der Waals surface area contributed by atoms with Gasteiger partial charge in [0.1, 0.15) is 11.4 Å². The molecule has 134 valence electrons. The second kappa shape index (κ2) is 7.70. The Bertz CT molecular complexity index is 703. The van der Waals surface area contributed by atoms with Gasteiger partial charge in [-0.2, -0.15) is 5.10 Å². The number of aryl methyl sites for hydroxylation is 1. The van der Waals surface area contributed by atoms with Crippen molar-refractivity contribution in [3.63, 3.8) is 0 Å². The highest BCUT2D eigenvalue weighted by Crippen LogP contribution is 2.35. The largest absolute Gasteiger partial charge is 0.494 e. The fraction of sp³-hybridized carbons (Fsp3) is 0.474. The zero-order valence-electron chi connectivity index (χ0n) is 14.8. The minimum Gasteiger partial charge on any atom is -0.494 e. The van der Waals surface area contributed by atoms with Crippen LogP contribution in [-0.4, -0.2) is 42.1 Å². The SMILES string of the molecule is CCOc1ccc(C2(CNC(=O)c3ccn(C)n3)CCOCC2)cc1. The Balaban J connectivity index is 1.75. The molecular formula is C19H25N3O3. The maximum absolute atomic E-state index is 12.4. The molecule has 1 aliphatic heterocycles. The van der Waals surface area contributed by atoms with Crippen LogP contribution in [-0.2, 0) is 17.2 Å². The van der Waals surface area contributed by atoms with E-state index in [9.17, 15) is 4.79 Å². The van der Waals surface area contributed by atoms with Crippen LogP contribution in [0.3, 0.4) is 0 Å². The first kappa shape index (κ1) is 17.5. The van der Waals surface area contributed by atoms with Gasteiger partial charge < -0.3 is 14.8 Å². The molecule has 0 bridgehead atoms. The lowest BCUT2D eigenvalue weighted by Gasteiger charge is -2.38. The third-order valence-corrected chi connectivity index (χ3v) is 4.76. The average molecular weight is 343 g/mol. The Morgan fingerprint density at radius 1 is 1.28 bits per heavy atom. The quantitative estimate of drug-likeness (QED) is 0.874. The Kier molecular flexibility index (Phi) is 5.38. The summed E-state index contributed by atoms with van der Waals surface area (Å²) in [7, 11) is 1.80. The second-order valence-corrected chi connectivity index (χ2v) is 6.41. The van der Waals surface area contributed by atoms with E-state index in [1.165, 1.54) is 5.56 Å². The van der Waals surface area contributed by atoms with Crippen LogP contribution >= 0.6 is 0 Å². The van der Waals surface area contributed by atoms with Gasteiger partial charge in [0.2, 0.25) is 0 Å². The van der Waals surface area contributed by atoms with E-state index in [1.807, 2.05) is 19.1 Å². The van der Waals surface area contributed by atoms with Crippen molar-refractivity contribution in [2.75, 3.05) is 26.4 Å². The minimum absolute atomic E-state index is 0.118. The molecule has 1 aliphatic rings. The summed E-state index contributed by atoms with van der Waals surface area (Å²) in [6.07, 6.45) is 3.53. The number of hydrogen-bond donors (Lipinski definition) is 1. The number of nitrogens with one attached hydrogen (secondary N) is 1. The molecule has 2 aromatic rings. The Morgan fingerprint density at radius 2 is 2.00 bits per heavy atom. The summed E-state index contributed by atoms with van der Waals surface area (Å²) in [6, 6.07) is 9.92. The Morgan fingerprint density at radius 3 is 2.60 bits per heavy atom. The zero-order valence-corrected chi connectivity index (χ0v) is 14.8. The molecule has 1 aromatic heterocycles. The van der Waals surface area contributed by atoms with Crippen molar-refractivity contribution < 1.29 is 14.3 Å². The average Bonchev–Trinajstić information content (AvgIpc) is 3.08. The monoisotopic (exact) mass is 343 g/mol. The lowest BCUT2D eigenvalue weighted by molar-refractivity contribution is 0.0486. The molecule has 6 nitrogen and oxygen atoms in total. The minimum atomic E-state index is -0.141. The number of amides is 1. The molecule has 25 heavy (non-hydrogen) atoms. The number of carbonyl (C=O) groups is 1. The fourth-order valence-corrected chi connectivity index (χ4v) is 3.28. The van der Waals surface area contributed by atoms with Crippen molar-refractivity contribution >= 4 is 5.91 Å². The number of rotatable bonds is 6. The number of aromatic nitrogens is 2. The normalized spacial score (nSPS) is 16.4. The highest BCUT2D eigenvalue weighted by Gasteiger charge is 2.35. The predicted octanol–water partition coefficient (Wildman–Crippen LogP) is 2.30. The van der Waals surface area contributed by atoms with E-state index in [-0.39, 0.29) is 11.3 Å². The third-order valence-electron chi connectivity index (χ3n) is 4.76. The highest BCUT2D eigenvalue weighted by atomic mass is 16.5. The summed E-state index contributed by atoms with van der Waals surface area (Å²) in [5, 5.41) is 7.22. The van der Waals surface area contributed by atoms with Crippen molar-refractivity contribution in [2.45, 2.75) is 25.2 Å². The molecule has 0 atom stereocenters. The predicted molar refractivity (Wildman–Crippen MR) is 94.9 cm³/mol. The number of nitrogens with zero attached hydrogens (tertiary/aromatic N) is 2. The number of benzene rings is 1. The first-order valence-corrected chi connectivity index (χ1v) is 8.72. The van der Waals surface area contributed by atoms with Gasteiger partial charge in [0.15, 0.2) is 0 Å². The van der Waals surface area contributed by atoms with Gasteiger partial charge in [0, 0.05) is 38.4 Å². The van der Waals surface area contributed by atoms with Gasteiger partial charge >= 0.3 is 0 Å². The molecule has 0 spiro atoms. The van der Waals surface area contributed by atoms with E-state index in [2.05, 4.69) is 22.5 Å². The molecule has 0 unspecified atom stereocenters. The van der Waals surface area contributed by atoms with Crippen LogP contribution in [0.4, 0.5) is 0 Å². The van der Waals surface area contributed by atoms with Crippen molar-refractivity contribution in [1.82, 2.24) is 15.1 Å². The molecule has 1 amide bonds. The van der Waals surface area contributed by atoms with Gasteiger partial charge in [0.05, 0.1) is 6.61 Å². The van der Waals surface area contributed by atoms with Crippen molar-refractivity contribution in [1.29, 1.82) is 0 Å². The van der Waals surface area contributed by atoms with E-state index < -0.39 is 0 Å². The molecule has 0 aliphatic carbocycles. The number of carbonyl (C=O) groups excluding carboxylic acids is 1. The van der Waals surface area contributed by atoms with Gasteiger partial charge in [-0.3, -0.25) is 9.48 Å². The van der Waals surface area contributed by atoms with Crippen LogP contribution < -0.4 is 10.1 Å². The molecule has 1 aromatic carbocycles. The fourth-order valence-electron chi connectivity index (χ4n) is 3.28. The summed E-state index contributed by atoms with van der Waals surface area (Å²) in [4.78, 5) is 12.4. The van der Waals surface area contributed by atoms with E-state index in [0.29, 0.717) is 32.1 Å². The second-order valence-electron chi connectivity index (χ2n) is 6.41. The smallest absolute Gasteiger partial charge is 0.271 e. The first-order chi connectivity index (χ1) is 12.1. The summed E-state index contributed by atoms with van der Waals surface area (Å²) >= 11 is 0. The third kappa shape index (κ3) is 4.02. The molecule has 0 saturated carbocycles. The Labute approximate surface area is 148 Å². The lowest BCUT2D eigenvalue weighted by atomic mass is 9.74. The van der Waals surface area contributed by atoms with Crippen LogP contribution in [0.5, 0.6) is 5.75 Å². The molecule has 6 heteroatoms. The van der Waals surface area contributed by atoms with Gasteiger partial charge in [0.25, 0.3) is 5.91 Å². The maximum Gasteiger partial charge on any atom is 0.271 e. The van der Waals surface area contributed by atoms with Gasteiger partial charge in [-0.15, -0.1) is 0 Å². The molecule has 1 N–H and O–H groups in total. The zero-order chi connectivity index (χ0) is 17.7. The van der Waals surface area contributed by atoms with E-state index in [1.54, 1.807) is 24.0 Å². The van der Waals surface area contributed by atoms with Crippen LogP contribution in [0.2, 0.25) is 0 Å². The maximum atomic E-state index is 12.4. The Hall–Kier alpha value is -2.34. The summed E-state index contributed by atoms with van der Waals surface area (Å²) in [5.41, 5.74) is 1.53. The topological polar surface area (TPSA) is 65.4 Å². The summed E-state index contributed by atoms with van der Waals surface area (Å²) in [6.45, 7) is 4.60. The summed E-state index contributed by atoms with van der Waals surface area (Å²) in [5.74, 6) is 0.725. The van der Waals surface area contributed by atoms with Gasteiger partial charge in [-0.1, -0.05) is 12.1 Å². The standard InChI is InChI=1S/C19H25N3O3/c1-3-25-16-6-4-15(5-7-16)19(9-12-24-13-10-19)14-20-18(23)17-8-11-22(2)21-17/h4-8,11H,3,9-10,12-14H2,1-2H3,(H,20,23). The van der Waals surface area contributed by atoms with Gasteiger partial charge in [-0.25, -0.2) is 0 Å². The lowest BCUT2D eigenvalue weighted by Crippen LogP contribution is -2.44. The van der Waals surface area contributed by atoms with Crippen LogP contribution in [0, 0.1) is 0 Å². The molecule has 2 heterocycles. The van der Waals surface area contributed by atoms with Gasteiger partial charge in [-0.05, 0) is 43.5 Å². The van der Waals surface area contributed by atoms with Crippen molar-refractivity contribution in [3.05, 3.63) is 47.8 Å². The van der Waals surface area contributed by atoms with E-state index >= 15 is 0 Å². The van der Waals surface area contributed by atoms with E-state index in [0.717, 1.165) is 18.6 Å². The first-order valence-electron chi connectivity index (χ1n) is 8.72. The van der Waals surface area contributed by atoms with E-state index in [4.69, 9.17) is 9.47 Å². The number of ether oxygens (including phenoxy) is 2. The molecule has 0 radical (unpaired) electrons. The van der Waals surface area contributed by atoms with Crippen LogP contribution in [0.15, 0.2) is 36.5 Å². The number of hydrogen-bond acceptors (Lipinski definition) is 4. The molecule has 1 saturated heterocycles. The van der Waals surface area contributed by atoms with Crippen molar-refractivity contribution in [2.24, 2.45) is 7.05 Å². The molecule has 1 fully saturated rings. The van der Waals surface area contributed by atoms with Crippen LogP contribution in [0.25, 0.3) is 0 Å². The van der Waals surface area contributed by atoms with Crippen molar-refractivity contribution in [3.8, 4) is 5.75 Å². The van der Waals surface area contributed by atoms with Crippen LogP contribution in [0.1, 0.15) is 35.8 Å². The molecule has 3 rings (SSSR count). The summed E-state index contributed by atoms with van der Waals surface area (Å²) < 4.78 is 12.7.